The fourth-order valence-corrected chi connectivity index (χ4v) is 1.10. The van der Waals surface area contributed by atoms with Crippen molar-refractivity contribution in [1.29, 1.82) is 0 Å². The van der Waals surface area contributed by atoms with E-state index in [1.807, 2.05) is 0 Å². The van der Waals surface area contributed by atoms with Crippen molar-refractivity contribution < 1.29 is 14.3 Å². The lowest BCUT2D eigenvalue weighted by atomic mass is 10.2. The molecule has 0 aliphatic heterocycles. The Balaban J connectivity index is 2.11. The lowest BCUT2D eigenvalue weighted by Gasteiger charge is -1.91. The quantitative estimate of drug-likeness (QED) is 0.784. The number of furan rings is 1. The molecule has 0 aliphatic carbocycles. The van der Waals surface area contributed by atoms with Crippen LogP contribution in [0.1, 0.15) is 10.4 Å². The maximum Gasteiger partial charge on any atom is 0.295 e. The highest BCUT2D eigenvalue weighted by atomic mass is 16.5. The van der Waals surface area contributed by atoms with Crippen molar-refractivity contribution >= 4 is 11.8 Å². The standard InChI is InChI=1S/C11H8N2O3/c14-10-7-6-9(16-10)12-13-11(15)8-4-2-1-3-5-8/h1-7,14H. The first-order valence-corrected chi connectivity index (χ1v) is 4.55. The van der Waals surface area contributed by atoms with Crippen LogP contribution in [0.2, 0.25) is 0 Å². The molecule has 1 amide bonds. The molecular weight excluding hydrogens is 208 g/mol. The van der Waals surface area contributed by atoms with Gasteiger partial charge in [-0.25, -0.2) is 0 Å². The zero-order valence-corrected chi connectivity index (χ0v) is 8.20. The predicted molar refractivity (Wildman–Crippen MR) is 55.7 cm³/mol. The summed E-state index contributed by atoms with van der Waals surface area (Å²) in [5, 5.41) is 15.9. The van der Waals surface area contributed by atoms with Gasteiger partial charge in [0, 0.05) is 17.7 Å². The Morgan fingerprint density at radius 1 is 1.12 bits per heavy atom. The van der Waals surface area contributed by atoms with E-state index in [9.17, 15) is 4.79 Å². The Morgan fingerprint density at radius 3 is 2.50 bits per heavy atom. The third kappa shape index (κ3) is 2.33. The first-order valence-electron chi connectivity index (χ1n) is 4.55. The second kappa shape index (κ2) is 4.39. The molecule has 0 fully saturated rings. The van der Waals surface area contributed by atoms with Crippen LogP contribution >= 0.6 is 0 Å². The summed E-state index contributed by atoms with van der Waals surface area (Å²) in [7, 11) is 0. The number of benzene rings is 1. The van der Waals surface area contributed by atoms with Gasteiger partial charge in [0.1, 0.15) is 0 Å². The second-order valence-electron chi connectivity index (χ2n) is 2.98. The first kappa shape index (κ1) is 10.1. The summed E-state index contributed by atoms with van der Waals surface area (Å²) in [6.45, 7) is 0. The summed E-state index contributed by atoms with van der Waals surface area (Å²) < 4.78 is 4.71. The van der Waals surface area contributed by atoms with Gasteiger partial charge in [-0.15, -0.1) is 10.2 Å². The maximum absolute atomic E-state index is 11.5. The van der Waals surface area contributed by atoms with E-state index >= 15 is 0 Å². The van der Waals surface area contributed by atoms with E-state index in [2.05, 4.69) is 10.2 Å². The third-order valence-corrected chi connectivity index (χ3v) is 1.84. The second-order valence-corrected chi connectivity index (χ2v) is 2.98. The molecule has 16 heavy (non-hydrogen) atoms. The number of carbonyl (C=O) groups is 1. The topological polar surface area (TPSA) is 75.2 Å². The predicted octanol–water partition coefficient (Wildman–Crippen LogP) is 2.91. The highest BCUT2D eigenvalue weighted by Crippen LogP contribution is 2.21. The lowest BCUT2D eigenvalue weighted by molar-refractivity contribution is 0.0994. The van der Waals surface area contributed by atoms with Crippen molar-refractivity contribution in [2.45, 2.75) is 0 Å². The number of amides is 1. The monoisotopic (exact) mass is 216 g/mol. The van der Waals surface area contributed by atoms with Crippen LogP contribution in [0.15, 0.2) is 57.1 Å². The highest BCUT2D eigenvalue weighted by molar-refractivity contribution is 5.94. The van der Waals surface area contributed by atoms with E-state index in [1.165, 1.54) is 12.1 Å². The zero-order chi connectivity index (χ0) is 11.4. The number of hydrogen-bond acceptors (Lipinski definition) is 4. The van der Waals surface area contributed by atoms with E-state index in [0.29, 0.717) is 5.56 Å². The fourth-order valence-electron chi connectivity index (χ4n) is 1.10. The summed E-state index contributed by atoms with van der Waals surface area (Å²) in [6, 6.07) is 11.3. The van der Waals surface area contributed by atoms with Crippen LogP contribution in [0, 0.1) is 0 Å². The molecule has 1 heterocycles. The molecule has 0 saturated carbocycles. The molecule has 1 aromatic heterocycles. The molecule has 0 bridgehead atoms. The van der Waals surface area contributed by atoms with Crippen LogP contribution in [-0.2, 0) is 0 Å². The van der Waals surface area contributed by atoms with Gasteiger partial charge in [-0.3, -0.25) is 4.79 Å². The van der Waals surface area contributed by atoms with Crippen LogP contribution in [0.4, 0.5) is 5.88 Å². The summed E-state index contributed by atoms with van der Waals surface area (Å²) in [5.41, 5.74) is 0.446. The van der Waals surface area contributed by atoms with Crippen molar-refractivity contribution in [2.24, 2.45) is 10.2 Å². The van der Waals surface area contributed by atoms with Gasteiger partial charge in [0.25, 0.3) is 11.9 Å². The molecule has 80 valence electrons. The minimum Gasteiger partial charge on any atom is -0.481 e. The van der Waals surface area contributed by atoms with Crippen LogP contribution in [0.5, 0.6) is 5.95 Å². The lowest BCUT2D eigenvalue weighted by Crippen LogP contribution is -1.91. The molecule has 0 unspecified atom stereocenters. The number of aromatic hydroxyl groups is 1. The number of hydrogen-bond donors (Lipinski definition) is 1. The van der Waals surface area contributed by atoms with Gasteiger partial charge >= 0.3 is 0 Å². The van der Waals surface area contributed by atoms with E-state index in [0.717, 1.165) is 0 Å². The smallest absolute Gasteiger partial charge is 0.295 e. The van der Waals surface area contributed by atoms with Gasteiger partial charge in [-0.05, 0) is 12.1 Å². The SMILES string of the molecule is O=C(N=Nc1ccc(O)o1)c1ccccc1. The van der Waals surface area contributed by atoms with E-state index in [-0.39, 0.29) is 11.8 Å². The van der Waals surface area contributed by atoms with Gasteiger partial charge in [0.15, 0.2) is 0 Å². The molecule has 0 atom stereocenters. The van der Waals surface area contributed by atoms with Gasteiger partial charge < -0.3 is 9.52 Å². The van der Waals surface area contributed by atoms with Gasteiger partial charge in [0.2, 0.25) is 5.88 Å². The van der Waals surface area contributed by atoms with Crippen molar-refractivity contribution in [3.8, 4) is 5.95 Å². The van der Waals surface area contributed by atoms with Crippen molar-refractivity contribution in [2.75, 3.05) is 0 Å². The number of azo groups is 1. The zero-order valence-electron chi connectivity index (χ0n) is 8.20. The summed E-state index contributed by atoms with van der Waals surface area (Å²) in [5.74, 6) is -0.639. The Morgan fingerprint density at radius 2 is 1.88 bits per heavy atom. The number of nitrogens with zero attached hydrogens (tertiary/aromatic N) is 2. The minimum atomic E-state index is -0.462. The van der Waals surface area contributed by atoms with Crippen molar-refractivity contribution in [3.63, 3.8) is 0 Å². The Bertz CT molecular complexity index is 517. The average molecular weight is 216 g/mol. The van der Waals surface area contributed by atoms with Crippen LogP contribution in [0.25, 0.3) is 0 Å². The third-order valence-electron chi connectivity index (χ3n) is 1.84. The van der Waals surface area contributed by atoms with Crippen molar-refractivity contribution in [3.05, 3.63) is 48.0 Å². The van der Waals surface area contributed by atoms with E-state index in [1.54, 1.807) is 30.3 Å². The van der Waals surface area contributed by atoms with Crippen LogP contribution in [0.3, 0.4) is 0 Å². The maximum atomic E-state index is 11.5. The number of rotatable bonds is 2. The summed E-state index contributed by atoms with van der Waals surface area (Å²) >= 11 is 0. The molecule has 2 aromatic rings. The average Bonchev–Trinajstić information content (AvgIpc) is 2.73. The Kier molecular flexibility index (Phi) is 2.77. The highest BCUT2D eigenvalue weighted by Gasteiger charge is 2.03. The molecule has 2 rings (SSSR count). The molecule has 0 saturated heterocycles. The Hall–Kier alpha value is -2.43. The van der Waals surface area contributed by atoms with E-state index < -0.39 is 5.91 Å². The summed E-state index contributed by atoms with van der Waals surface area (Å²) in [6.07, 6.45) is 0. The van der Waals surface area contributed by atoms with Gasteiger partial charge in [-0.2, -0.15) is 0 Å². The normalized spacial score (nSPS) is 10.8. The van der Waals surface area contributed by atoms with Crippen LogP contribution in [-0.4, -0.2) is 11.0 Å². The Labute approximate surface area is 91.1 Å². The molecule has 1 N–H and O–H groups in total. The molecule has 0 spiro atoms. The molecule has 0 radical (unpaired) electrons. The molecular formula is C11H8N2O3. The van der Waals surface area contributed by atoms with E-state index in [4.69, 9.17) is 9.52 Å². The molecule has 0 aliphatic rings. The minimum absolute atomic E-state index is 0.0850. The van der Waals surface area contributed by atoms with Gasteiger partial charge in [0.05, 0.1) is 0 Å². The largest absolute Gasteiger partial charge is 0.481 e. The first-order chi connectivity index (χ1) is 7.75. The van der Waals surface area contributed by atoms with Crippen LogP contribution < -0.4 is 0 Å². The molecule has 5 heteroatoms. The molecule has 1 aromatic carbocycles. The molecule has 5 nitrogen and oxygen atoms in total. The van der Waals surface area contributed by atoms with Gasteiger partial charge in [-0.1, -0.05) is 18.2 Å². The van der Waals surface area contributed by atoms with Crippen molar-refractivity contribution in [1.82, 2.24) is 0 Å². The summed E-state index contributed by atoms with van der Waals surface area (Å²) in [4.78, 5) is 11.5. The number of carbonyl (C=O) groups excluding carboxylic acids is 1. The fraction of sp³-hybridized carbons (Fsp3) is 0.